The number of benzene rings is 1. The summed E-state index contributed by atoms with van der Waals surface area (Å²) in [6.07, 6.45) is 4.94. The lowest BCUT2D eigenvalue weighted by atomic mass is 9.87. The van der Waals surface area contributed by atoms with E-state index in [0.717, 1.165) is 36.8 Å². The molecule has 0 spiro atoms. The lowest BCUT2D eigenvalue weighted by Gasteiger charge is -2.26. The summed E-state index contributed by atoms with van der Waals surface area (Å²) >= 11 is 7.32. The van der Waals surface area contributed by atoms with Gasteiger partial charge in [-0.2, -0.15) is 0 Å². The molecule has 0 radical (unpaired) electrons. The largest absolute Gasteiger partial charge is 0.381 e. The Kier molecular flexibility index (Phi) is 6.19. The fraction of sp³-hybridized carbons (Fsp3) is 0.600. The summed E-state index contributed by atoms with van der Waals surface area (Å²) in [5.74, 6) is 1.58. The summed E-state index contributed by atoms with van der Waals surface area (Å²) in [5.41, 5.74) is 1.43. The minimum atomic E-state index is 0.729. The van der Waals surface area contributed by atoms with Gasteiger partial charge in [-0.15, -0.1) is 0 Å². The van der Waals surface area contributed by atoms with Crippen molar-refractivity contribution >= 4 is 31.9 Å². The van der Waals surface area contributed by atoms with Crippen molar-refractivity contribution in [3.8, 4) is 0 Å². The highest BCUT2D eigenvalue weighted by molar-refractivity contribution is 9.10. The van der Waals surface area contributed by atoms with Gasteiger partial charge >= 0.3 is 0 Å². The molecule has 1 unspecified atom stereocenters. The zero-order valence-electron chi connectivity index (χ0n) is 10.6. The molecule has 1 nitrogen and oxygen atoms in total. The summed E-state index contributed by atoms with van der Waals surface area (Å²) in [5, 5.41) is 1.09. The normalized spacial score (nSPS) is 18.8. The molecule has 18 heavy (non-hydrogen) atoms. The van der Waals surface area contributed by atoms with Crippen molar-refractivity contribution in [3.63, 3.8) is 0 Å². The topological polar surface area (TPSA) is 9.23 Å². The third-order valence-corrected chi connectivity index (χ3v) is 5.38. The predicted octanol–water partition coefficient (Wildman–Crippen LogP) is 4.82. The van der Waals surface area contributed by atoms with Crippen LogP contribution in [0.3, 0.4) is 0 Å². The quantitative estimate of drug-likeness (QED) is 0.670. The van der Waals surface area contributed by atoms with Crippen LogP contribution in [-0.4, -0.2) is 18.5 Å². The minimum Gasteiger partial charge on any atom is -0.381 e. The summed E-state index contributed by atoms with van der Waals surface area (Å²) in [4.78, 5) is 0. The fourth-order valence-corrected chi connectivity index (χ4v) is 3.57. The predicted molar refractivity (Wildman–Crippen MR) is 83.3 cm³/mol. The maximum Gasteiger partial charge on any atom is 0.0468 e. The highest BCUT2D eigenvalue weighted by Crippen LogP contribution is 2.28. The molecule has 1 atom stereocenters. The van der Waals surface area contributed by atoms with Crippen LogP contribution in [0.5, 0.6) is 0 Å². The van der Waals surface area contributed by atoms with E-state index < -0.39 is 0 Å². The molecule has 1 aliphatic rings. The van der Waals surface area contributed by atoms with E-state index in [1.54, 1.807) is 0 Å². The summed E-state index contributed by atoms with van der Waals surface area (Å²) in [7, 11) is 0. The van der Waals surface area contributed by atoms with Crippen LogP contribution in [0.4, 0.5) is 0 Å². The third kappa shape index (κ3) is 4.36. The Labute approximate surface area is 127 Å². The first-order valence-electron chi connectivity index (χ1n) is 6.66. The van der Waals surface area contributed by atoms with E-state index in [1.165, 1.54) is 29.3 Å². The van der Waals surface area contributed by atoms with Gasteiger partial charge in [0, 0.05) is 23.0 Å². The van der Waals surface area contributed by atoms with Crippen LogP contribution < -0.4 is 0 Å². The van der Waals surface area contributed by atoms with Gasteiger partial charge in [0.25, 0.3) is 0 Å². The van der Waals surface area contributed by atoms with Gasteiger partial charge in [-0.1, -0.05) is 50.1 Å². The Morgan fingerprint density at radius 3 is 2.61 bits per heavy atom. The first kappa shape index (κ1) is 14.5. The van der Waals surface area contributed by atoms with Crippen LogP contribution in [0, 0.1) is 11.8 Å². The summed E-state index contributed by atoms with van der Waals surface area (Å²) < 4.78 is 6.67. The first-order valence-corrected chi connectivity index (χ1v) is 8.58. The number of ether oxygens (including phenoxy) is 1. The minimum absolute atomic E-state index is 0.729. The number of alkyl halides is 1. The summed E-state index contributed by atoms with van der Waals surface area (Å²) in [6, 6.07) is 8.56. The Bertz CT molecular complexity index is 361. The second kappa shape index (κ2) is 7.66. The number of hydrogen-bond donors (Lipinski definition) is 0. The van der Waals surface area contributed by atoms with Crippen LogP contribution in [0.15, 0.2) is 28.7 Å². The molecule has 1 heterocycles. The van der Waals surface area contributed by atoms with Gasteiger partial charge in [-0.3, -0.25) is 0 Å². The molecule has 3 heteroatoms. The molecular formula is C15H20Br2O. The fourth-order valence-electron chi connectivity index (χ4n) is 2.63. The Morgan fingerprint density at radius 1 is 1.22 bits per heavy atom. The van der Waals surface area contributed by atoms with Gasteiger partial charge < -0.3 is 4.74 Å². The first-order chi connectivity index (χ1) is 8.79. The molecule has 0 N–H and O–H groups in total. The maximum absolute atomic E-state index is 5.43. The Morgan fingerprint density at radius 2 is 1.94 bits per heavy atom. The standard InChI is InChI=1S/C15H20Br2O/c16-11-13(9-12-5-7-18-8-6-12)10-14-3-1-2-4-15(14)17/h1-4,12-13H,5-11H2. The van der Waals surface area contributed by atoms with Gasteiger partial charge in [0.2, 0.25) is 0 Å². The van der Waals surface area contributed by atoms with E-state index in [4.69, 9.17) is 4.74 Å². The van der Waals surface area contributed by atoms with Crippen molar-refractivity contribution in [2.24, 2.45) is 11.8 Å². The van der Waals surface area contributed by atoms with E-state index in [0.29, 0.717) is 0 Å². The lowest BCUT2D eigenvalue weighted by Crippen LogP contribution is -2.20. The molecule has 100 valence electrons. The molecule has 2 rings (SSSR count). The van der Waals surface area contributed by atoms with Crippen LogP contribution >= 0.6 is 31.9 Å². The molecule has 0 aromatic heterocycles. The van der Waals surface area contributed by atoms with Gasteiger partial charge in [-0.05, 0) is 49.1 Å². The van der Waals surface area contributed by atoms with Crippen LogP contribution in [-0.2, 0) is 11.2 Å². The van der Waals surface area contributed by atoms with Crippen molar-refractivity contribution < 1.29 is 4.74 Å². The Balaban J connectivity index is 1.90. The Hall–Kier alpha value is 0.140. The van der Waals surface area contributed by atoms with Crippen molar-refractivity contribution in [2.45, 2.75) is 25.7 Å². The maximum atomic E-state index is 5.43. The van der Waals surface area contributed by atoms with Gasteiger partial charge in [0.1, 0.15) is 0 Å². The molecule has 0 saturated carbocycles. The third-order valence-electron chi connectivity index (χ3n) is 3.69. The summed E-state index contributed by atoms with van der Waals surface area (Å²) in [6.45, 7) is 1.91. The number of hydrogen-bond acceptors (Lipinski definition) is 1. The molecule has 1 aliphatic heterocycles. The van der Waals surface area contributed by atoms with Gasteiger partial charge in [0.15, 0.2) is 0 Å². The van der Waals surface area contributed by atoms with Gasteiger partial charge in [0.05, 0.1) is 0 Å². The SMILES string of the molecule is BrCC(Cc1ccccc1Br)CC1CCOCC1. The average molecular weight is 376 g/mol. The van der Waals surface area contributed by atoms with Crippen molar-refractivity contribution in [1.29, 1.82) is 0 Å². The van der Waals surface area contributed by atoms with Crippen LogP contribution in [0.2, 0.25) is 0 Å². The highest BCUT2D eigenvalue weighted by atomic mass is 79.9. The molecule has 1 aromatic rings. The molecule has 1 saturated heterocycles. The highest BCUT2D eigenvalue weighted by Gasteiger charge is 2.19. The smallest absolute Gasteiger partial charge is 0.0468 e. The molecule has 0 aliphatic carbocycles. The number of halogens is 2. The van der Waals surface area contributed by atoms with E-state index in [9.17, 15) is 0 Å². The van der Waals surface area contributed by atoms with Crippen LogP contribution in [0.25, 0.3) is 0 Å². The zero-order chi connectivity index (χ0) is 12.8. The molecular weight excluding hydrogens is 356 g/mol. The van der Waals surface area contributed by atoms with Crippen LogP contribution in [0.1, 0.15) is 24.8 Å². The van der Waals surface area contributed by atoms with E-state index in [2.05, 4.69) is 56.1 Å². The van der Waals surface area contributed by atoms with E-state index in [-0.39, 0.29) is 0 Å². The van der Waals surface area contributed by atoms with Gasteiger partial charge in [-0.25, -0.2) is 0 Å². The molecule has 0 amide bonds. The second-order valence-electron chi connectivity index (χ2n) is 5.11. The average Bonchev–Trinajstić information content (AvgIpc) is 2.41. The van der Waals surface area contributed by atoms with E-state index >= 15 is 0 Å². The van der Waals surface area contributed by atoms with Crippen molar-refractivity contribution in [3.05, 3.63) is 34.3 Å². The zero-order valence-corrected chi connectivity index (χ0v) is 13.8. The monoisotopic (exact) mass is 374 g/mol. The molecule has 1 fully saturated rings. The van der Waals surface area contributed by atoms with E-state index in [1.807, 2.05) is 0 Å². The number of rotatable bonds is 5. The lowest BCUT2D eigenvalue weighted by molar-refractivity contribution is 0.0596. The second-order valence-corrected chi connectivity index (χ2v) is 6.61. The van der Waals surface area contributed by atoms with Crippen molar-refractivity contribution in [1.82, 2.24) is 0 Å². The molecule has 1 aromatic carbocycles. The molecule has 0 bridgehead atoms. The van der Waals surface area contributed by atoms with Crippen molar-refractivity contribution in [2.75, 3.05) is 18.5 Å².